The predicted molar refractivity (Wildman–Crippen MR) is 115 cm³/mol. The van der Waals surface area contributed by atoms with Crippen LogP contribution in [0.5, 0.6) is 5.75 Å². The Morgan fingerprint density at radius 3 is 2.66 bits per heavy atom. The lowest BCUT2D eigenvalue weighted by molar-refractivity contribution is 0.0949. The van der Waals surface area contributed by atoms with Crippen molar-refractivity contribution in [1.29, 1.82) is 0 Å². The fraction of sp³-hybridized carbons (Fsp3) is 0.217. The number of benzene rings is 2. The van der Waals surface area contributed by atoms with Gasteiger partial charge in [-0.3, -0.25) is 9.48 Å². The first kappa shape index (κ1) is 20.0. The maximum Gasteiger partial charge on any atom is 0.270 e. The SMILES string of the molecule is COc1ccccc1-c1cc(C(=O)NCC#Cc2ccccc2N(C)C)n(C)n1. The summed E-state index contributed by atoms with van der Waals surface area (Å²) in [6.45, 7) is 0.246. The number of amides is 1. The molecule has 0 saturated carbocycles. The number of carbonyl (C=O) groups is 1. The van der Waals surface area contributed by atoms with Gasteiger partial charge in [-0.1, -0.05) is 36.1 Å². The molecule has 0 fully saturated rings. The Bertz CT molecular complexity index is 1070. The molecule has 0 radical (unpaired) electrons. The van der Waals surface area contributed by atoms with Crippen molar-refractivity contribution in [2.45, 2.75) is 0 Å². The molecule has 6 heteroatoms. The zero-order valence-corrected chi connectivity index (χ0v) is 17.1. The molecule has 0 aliphatic heterocycles. The van der Waals surface area contributed by atoms with Crippen molar-refractivity contribution in [1.82, 2.24) is 15.1 Å². The van der Waals surface area contributed by atoms with Crippen LogP contribution in [0.2, 0.25) is 0 Å². The summed E-state index contributed by atoms with van der Waals surface area (Å²) in [5, 5.41) is 7.29. The van der Waals surface area contributed by atoms with E-state index in [1.165, 1.54) is 0 Å². The van der Waals surface area contributed by atoms with Crippen molar-refractivity contribution in [2.24, 2.45) is 7.05 Å². The second-order valence-corrected chi connectivity index (χ2v) is 6.63. The molecule has 0 bridgehead atoms. The van der Waals surface area contributed by atoms with Gasteiger partial charge in [0.15, 0.2) is 0 Å². The Kier molecular flexibility index (Phi) is 6.20. The fourth-order valence-corrected chi connectivity index (χ4v) is 2.99. The molecule has 3 aromatic rings. The van der Waals surface area contributed by atoms with E-state index in [2.05, 4.69) is 22.3 Å². The van der Waals surface area contributed by atoms with E-state index in [0.29, 0.717) is 17.1 Å². The van der Waals surface area contributed by atoms with E-state index >= 15 is 0 Å². The van der Waals surface area contributed by atoms with Gasteiger partial charge in [0, 0.05) is 32.3 Å². The maximum atomic E-state index is 12.6. The highest BCUT2D eigenvalue weighted by molar-refractivity contribution is 5.94. The van der Waals surface area contributed by atoms with Gasteiger partial charge in [-0.15, -0.1) is 0 Å². The molecule has 0 atom stereocenters. The lowest BCUT2D eigenvalue weighted by Gasteiger charge is -2.13. The van der Waals surface area contributed by atoms with Crippen LogP contribution < -0.4 is 15.0 Å². The van der Waals surface area contributed by atoms with Crippen LogP contribution in [-0.2, 0) is 7.05 Å². The van der Waals surface area contributed by atoms with E-state index in [1.54, 1.807) is 24.9 Å². The Morgan fingerprint density at radius 1 is 1.17 bits per heavy atom. The molecule has 6 nitrogen and oxygen atoms in total. The Morgan fingerprint density at radius 2 is 1.90 bits per heavy atom. The number of methoxy groups -OCH3 is 1. The normalized spacial score (nSPS) is 10.1. The first-order valence-electron chi connectivity index (χ1n) is 9.22. The number of carbonyl (C=O) groups excluding carboxylic acids is 1. The molecular weight excluding hydrogens is 364 g/mol. The molecule has 148 valence electrons. The molecule has 1 aromatic heterocycles. The first-order chi connectivity index (χ1) is 14.0. The number of ether oxygens (including phenoxy) is 1. The van der Waals surface area contributed by atoms with E-state index in [9.17, 15) is 4.79 Å². The number of hydrogen-bond acceptors (Lipinski definition) is 4. The number of para-hydroxylation sites is 2. The second-order valence-electron chi connectivity index (χ2n) is 6.63. The largest absolute Gasteiger partial charge is 0.496 e. The van der Waals surface area contributed by atoms with E-state index in [1.807, 2.05) is 67.5 Å². The van der Waals surface area contributed by atoms with E-state index in [0.717, 1.165) is 16.8 Å². The molecule has 29 heavy (non-hydrogen) atoms. The van der Waals surface area contributed by atoms with Crippen molar-refractivity contribution >= 4 is 11.6 Å². The average Bonchev–Trinajstić information content (AvgIpc) is 3.12. The fourth-order valence-electron chi connectivity index (χ4n) is 2.99. The monoisotopic (exact) mass is 388 g/mol. The van der Waals surface area contributed by atoms with Crippen LogP contribution in [0.3, 0.4) is 0 Å². The van der Waals surface area contributed by atoms with Gasteiger partial charge in [-0.25, -0.2) is 0 Å². The molecule has 0 aliphatic rings. The highest BCUT2D eigenvalue weighted by Gasteiger charge is 2.15. The Balaban J connectivity index is 1.71. The minimum absolute atomic E-state index is 0.226. The standard InChI is InChI=1S/C23H24N4O2/c1-26(2)20-13-7-5-10-17(20)11-9-15-24-23(28)21-16-19(25-27(21)3)18-12-6-8-14-22(18)29-4/h5-8,10,12-14,16H,15H2,1-4H3,(H,24,28). The van der Waals surface area contributed by atoms with Crippen molar-refractivity contribution in [2.75, 3.05) is 32.6 Å². The van der Waals surface area contributed by atoms with Gasteiger partial charge in [-0.2, -0.15) is 5.10 Å². The average molecular weight is 388 g/mol. The zero-order valence-electron chi connectivity index (χ0n) is 17.1. The number of aromatic nitrogens is 2. The lowest BCUT2D eigenvalue weighted by atomic mass is 10.1. The molecule has 1 N–H and O–H groups in total. The van der Waals surface area contributed by atoms with Crippen LogP contribution in [0.25, 0.3) is 11.3 Å². The van der Waals surface area contributed by atoms with Crippen LogP contribution in [0.4, 0.5) is 5.69 Å². The third-order valence-corrected chi connectivity index (χ3v) is 4.44. The maximum absolute atomic E-state index is 12.6. The summed E-state index contributed by atoms with van der Waals surface area (Å²) >= 11 is 0. The molecule has 1 heterocycles. The van der Waals surface area contributed by atoms with E-state index < -0.39 is 0 Å². The number of hydrogen-bond donors (Lipinski definition) is 1. The molecule has 2 aromatic carbocycles. The molecule has 1 amide bonds. The third-order valence-electron chi connectivity index (χ3n) is 4.44. The van der Waals surface area contributed by atoms with Gasteiger partial charge in [0.2, 0.25) is 0 Å². The van der Waals surface area contributed by atoms with Crippen LogP contribution in [-0.4, -0.2) is 43.4 Å². The number of anilines is 1. The Labute approximate surface area is 171 Å². The summed E-state index contributed by atoms with van der Waals surface area (Å²) in [5.74, 6) is 6.62. The zero-order chi connectivity index (χ0) is 20.8. The highest BCUT2D eigenvalue weighted by Crippen LogP contribution is 2.28. The minimum atomic E-state index is -0.226. The van der Waals surface area contributed by atoms with E-state index in [-0.39, 0.29) is 12.5 Å². The Hall–Kier alpha value is -3.72. The van der Waals surface area contributed by atoms with Gasteiger partial charge < -0.3 is 15.0 Å². The summed E-state index contributed by atoms with van der Waals surface area (Å²) in [6, 6.07) is 17.2. The summed E-state index contributed by atoms with van der Waals surface area (Å²) in [6.07, 6.45) is 0. The molecule has 0 saturated heterocycles. The second kappa shape index (κ2) is 8.98. The number of rotatable bonds is 5. The van der Waals surface area contributed by atoms with Gasteiger partial charge in [0.05, 0.1) is 25.0 Å². The van der Waals surface area contributed by atoms with Crippen LogP contribution in [0.1, 0.15) is 16.1 Å². The predicted octanol–water partition coefficient (Wildman–Crippen LogP) is 2.94. The molecule has 3 rings (SSSR count). The van der Waals surface area contributed by atoms with Crippen LogP contribution >= 0.6 is 0 Å². The molecule has 0 aliphatic carbocycles. The lowest BCUT2D eigenvalue weighted by Crippen LogP contribution is -2.25. The highest BCUT2D eigenvalue weighted by atomic mass is 16.5. The molecule has 0 unspecified atom stereocenters. The number of nitrogens with zero attached hydrogens (tertiary/aromatic N) is 3. The first-order valence-corrected chi connectivity index (χ1v) is 9.22. The summed E-state index contributed by atoms with van der Waals surface area (Å²) in [5.41, 5.74) is 3.94. The van der Waals surface area contributed by atoms with Crippen LogP contribution in [0.15, 0.2) is 54.6 Å². The van der Waals surface area contributed by atoms with Crippen molar-refractivity contribution in [3.05, 3.63) is 65.9 Å². The van der Waals surface area contributed by atoms with Crippen molar-refractivity contribution < 1.29 is 9.53 Å². The van der Waals surface area contributed by atoms with Gasteiger partial charge in [0.25, 0.3) is 5.91 Å². The quantitative estimate of drug-likeness (QED) is 0.683. The smallest absolute Gasteiger partial charge is 0.270 e. The number of nitrogens with one attached hydrogen (secondary N) is 1. The van der Waals surface area contributed by atoms with E-state index in [4.69, 9.17) is 4.74 Å². The van der Waals surface area contributed by atoms with Gasteiger partial charge in [0.1, 0.15) is 11.4 Å². The minimum Gasteiger partial charge on any atom is -0.496 e. The molecular formula is C23H24N4O2. The summed E-state index contributed by atoms with van der Waals surface area (Å²) < 4.78 is 6.95. The third kappa shape index (κ3) is 4.58. The van der Waals surface area contributed by atoms with Crippen LogP contribution in [0, 0.1) is 11.8 Å². The van der Waals surface area contributed by atoms with Gasteiger partial charge >= 0.3 is 0 Å². The van der Waals surface area contributed by atoms with Crippen molar-refractivity contribution in [3.8, 4) is 28.8 Å². The number of aryl methyl sites for hydroxylation is 1. The molecule has 0 spiro atoms. The van der Waals surface area contributed by atoms with Gasteiger partial charge in [-0.05, 0) is 30.3 Å². The summed E-state index contributed by atoms with van der Waals surface area (Å²) in [7, 11) is 7.31. The summed E-state index contributed by atoms with van der Waals surface area (Å²) in [4.78, 5) is 14.6. The van der Waals surface area contributed by atoms with Crippen molar-refractivity contribution in [3.63, 3.8) is 0 Å². The topological polar surface area (TPSA) is 59.4 Å².